The van der Waals surface area contributed by atoms with Crippen molar-refractivity contribution in [3.05, 3.63) is 35.7 Å². The number of anilines is 1. The molecule has 19 heavy (non-hydrogen) atoms. The van der Waals surface area contributed by atoms with Gasteiger partial charge in [0.25, 0.3) is 0 Å². The fourth-order valence-electron chi connectivity index (χ4n) is 2.00. The first-order chi connectivity index (χ1) is 9.15. The van der Waals surface area contributed by atoms with E-state index < -0.39 is 0 Å². The van der Waals surface area contributed by atoms with Crippen LogP contribution >= 0.6 is 0 Å². The van der Waals surface area contributed by atoms with Crippen LogP contribution in [0.4, 0.5) is 5.82 Å². The number of nitrogens with one attached hydrogen (secondary N) is 1. The summed E-state index contributed by atoms with van der Waals surface area (Å²) in [6.45, 7) is 6.85. The molecular formula is C15H19N3O. The van der Waals surface area contributed by atoms with E-state index in [9.17, 15) is 0 Å². The Balaban J connectivity index is 2.48. The van der Waals surface area contributed by atoms with Gasteiger partial charge in [-0.2, -0.15) is 0 Å². The van der Waals surface area contributed by atoms with E-state index in [0.717, 1.165) is 40.8 Å². The second-order valence-electron chi connectivity index (χ2n) is 4.35. The van der Waals surface area contributed by atoms with Gasteiger partial charge in [-0.15, -0.1) is 0 Å². The maximum absolute atomic E-state index is 5.18. The molecule has 0 atom stereocenters. The van der Waals surface area contributed by atoms with E-state index in [2.05, 4.69) is 22.2 Å². The van der Waals surface area contributed by atoms with Crippen LogP contribution in [-0.4, -0.2) is 23.6 Å². The zero-order valence-corrected chi connectivity index (χ0v) is 11.8. The van der Waals surface area contributed by atoms with Crippen molar-refractivity contribution in [2.24, 2.45) is 0 Å². The molecule has 0 fully saturated rings. The molecule has 2 aromatic rings. The number of nitrogens with zero attached hydrogens (tertiary/aromatic N) is 2. The normalized spacial score (nSPS) is 10.3. The Labute approximate surface area is 113 Å². The summed E-state index contributed by atoms with van der Waals surface area (Å²) in [6, 6.07) is 7.92. The van der Waals surface area contributed by atoms with Crippen LogP contribution in [0, 0.1) is 13.8 Å². The van der Waals surface area contributed by atoms with Crippen LogP contribution in [0.5, 0.6) is 5.75 Å². The van der Waals surface area contributed by atoms with Crippen molar-refractivity contribution in [2.75, 3.05) is 19.0 Å². The van der Waals surface area contributed by atoms with E-state index in [1.165, 1.54) is 0 Å². The van der Waals surface area contributed by atoms with Gasteiger partial charge in [0, 0.05) is 17.7 Å². The molecule has 0 saturated heterocycles. The van der Waals surface area contributed by atoms with Gasteiger partial charge in [0.15, 0.2) is 0 Å². The summed E-state index contributed by atoms with van der Waals surface area (Å²) in [5.74, 6) is 2.52. The van der Waals surface area contributed by atoms with Crippen molar-refractivity contribution in [3.63, 3.8) is 0 Å². The maximum atomic E-state index is 5.18. The Morgan fingerprint density at radius 2 is 1.79 bits per heavy atom. The average Bonchev–Trinajstić information content (AvgIpc) is 2.43. The van der Waals surface area contributed by atoms with Crippen LogP contribution in [0.15, 0.2) is 24.3 Å². The number of aromatic nitrogens is 2. The molecule has 0 radical (unpaired) electrons. The predicted molar refractivity (Wildman–Crippen MR) is 77.7 cm³/mol. The molecule has 0 aliphatic rings. The summed E-state index contributed by atoms with van der Waals surface area (Å²) in [4.78, 5) is 8.98. The standard InChI is InChI=1S/C15H19N3O/c1-5-16-15-10(2)14(17-11(3)18-15)12-6-8-13(19-4)9-7-12/h6-9H,5H2,1-4H3,(H,16,17,18). The second-order valence-corrected chi connectivity index (χ2v) is 4.35. The van der Waals surface area contributed by atoms with Crippen LogP contribution in [0.3, 0.4) is 0 Å². The predicted octanol–water partition coefficient (Wildman–Crippen LogP) is 3.20. The van der Waals surface area contributed by atoms with Gasteiger partial charge in [-0.3, -0.25) is 0 Å². The van der Waals surface area contributed by atoms with Gasteiger partial charge < -0.3 is 10.1 Å². The minimum absolute atomic E-state index is 0.771. The molecule has 2 rings (SSSR count). The molecule has 0 amide bonds. The highest BCUT2D eigenvalue weighted by Gasteiger charge is 2.10. The Morgan fingerprint density at radius 3 is 2.37 bits per heavy atom. The Morgan fingerprint density at radius 1 is 1.11 bits per heavy atom. The third kappa shape index (κ3) is 2.84. The third-order valence-corrected chi connectivity index (χ3v) is 2.97. The summed E-state index contributed by atoms with van der Waals surface area (Å²) in [7, 11) is 1.67. The Bertz CT molecular complexity index is 564. The number of ether oxygens (including phenoxy) is 1. The molecule has 1 aromatic carbocycles. The van der Waals surface area contributed by atoms with Gasteiger partial charge in [0.1, 0.15) is 17.4 Å². The van der Waals surface area contributed by atoms with E-state index >= 15 is 0 Å². The third-order valence-electron chi connectivity index (χ3n) is 2.97. The highest BCUT2D eigenvalue weighted by molar-refractivity contribution is 5.68. The lowest BCUT2D eigenvalue weighted by Crippen LogP contribution is -2.06. The van der Waals surface area contributed by atoms with Gasteiger partial charge in [-0.1, -0.05) is 0 Å². The molecule has 0 saturated carbocycles. The number of aryl methyl sites for hydroxylation is 1. The van der Waals surface area contributed by atoms with E-state index in [1.54, 1.807) is 7.11 Å². The van der Waals surface area contributed by atoms with Crippen LogP contribution in [0.2, 0.25) is 0 Å². The van der Waals surface area contributed by atoms with Crippen molar-refractivity contribution < 1.29 is 4.74 Å². The molecule has 0 aliphatic carbocycles. The van der Waals surface area contributed by atoms with Crippen LogP contribution in [0.1, 0.15) is 18.3 Å². The summed E-state index contributed by atoms with van der Waals surface area (Å²) in [6.07, 6.45) is 0. The highest BCUT2D eigenvalue weighted by Crippen LogP contribution is 2.27. The van der Waals surface area contributed by atoms with E-state index in [1.807, 2.05) is 38.1 Å². The molecule has 0 unspecified atom stereocenters. The first kappa shape index (κ1) is 13.3. The van der Waals surface area contributed by atoms with E-state index in [-0.39, 0.29) is 0 Å². The van der Waals surface area contributed by atoms with Gasteiger partial charge in [0.2, 0.25) is 0 Å². The van der Waals surface area contributed by atoms with Crippen molar-refractivity contribution in [1.82, 2.24) is 9.97 Å². The summed E-state index contributed by atoms with van der Waals surface area (Å²) < 4.78 is 5.18. The lowest BCUT2D eigenvalue weighted by Gasteiger charge is -2.12. The van der Waals surface area contributed by atoms with Crippen molar-refractivity contribution >= 4 is 5.82 Å². The molecule has 0 spiro atoms. The van der Waals surface area contributed by atoms with Gasteiger partial charge >= 0.3 is 0 Å². The number of hydrogen-bond acceptors (Lipinski definition) is 4. The SMILES string of the molecule is CCNc1nc(C)nc(-c2ccc(OC)cc2)c1C. The molecule has 4 heteroatoms. The summed E-state index contributed by atoms with van der Waals surface area (Å²) >= 11 is 0. The molecule has 1 heterocycles. The van der Waals surface area contributed by atoms with E-state index in [0.29, 0.717) is 0 Å². The zero-order chi connectivity index (χ0) is 13.8. The maximum Gasteiger partial charge on any atom is 0.133 e. The molecule has 4 nitrogen and oxygen atoms in total. The lowest BCUT2D eigenvalue weighted by atomic mass is 10.1. The van der Waals surface area contributed by atoms with Crippen molar-refractivity contribution in [2.45, 2.75) is 20.8 Å². The first-order valence-corrected chi connectivity index (χ1v) is 6.39. The number of benzene rings is 1. The molecular weight excluding hydrogens is 238 g/mol. The molecule has 0 bridgehead atoms. The Hall–Kier alpha value is -2.10. The van der Waals surface area contributed by atoms with Gasteiger partial charge in [-0.25, -0.2) is 9.97 Å². The molecule has 1 aromatic heterocycles. The largest absolute Gasteiger partial charge is 0.497 e. The molecule has 0 aliphatic heterocycles. The first-order valence-electron chi connectivity index (χ1n) is 6.39. The van der Waals surface area contributed by atoms with Crippen LogP contribution in [-0.2, 0) is 0 Å². The monoisotopic (exact) mass is 257 g/mol. The van der Waals surface area contributed by atoms with Crippen LogP contribution in [0.25, 0.3) is 11.3 Å². The summed E-state index contributed by atoms with van der Waals surface area (Å²) in [5, 5.41) is 3.27. The smallest absolute Gasteiger partial charge is 0.133 e. The number of rotatable bonds is 4. The van der Waals surface area contributed by atoms with Gasteiger partial charge in [0.05, 0.1) is 12.8 Å². The van der Waals surface area contributed by atoms with Crippen LogP contribution < -0.4 is 10.1 Å². The quantitative estimate of drug-likeness (QED) is 0.913. The summed E-state index contributed by atoms with van der Waals surface area (Å²) in [5.41, 5.74) is 3.10. The molecule has 100 valence electrons. The second kappa shape index (κ2) is 5.69. The fourth-order valence-corrected chi connectivity index (χ4v) is 2.00. The van der Waals surface area contributed by atoms with E-state index in [4.69, 9.17) is 4.74 Å². The minimum atomic E-state index is 0.771. The van der Waals surface area contributed by atoms with Crippen molar-refractivity contribution in [1.29, 1.82) is 0 Å². The molecule has 1 N–H and O–H groups in total. The van der Waals surface area contributed by atoms with Gasteiger partial charge in [-0.05, 0) is 45.0 Å². The lowest BCUT2D eigenvalue weighted by molar-refractivity contribution is 0.415. The number of hydrogen-bond donors (Lipinski definition) is 1. The fraction of sp³-hybridized carbons (Fsp3) is 0.333. The minimum Gasteiger partial charge on any atom is -0.497 e. The average molecular weight is 257 g/mol. The number of methoxy groups -OCH3 is 1. The van der Waals surface area contributed by atoms with Crippen molar-refractivity contribution in [3.8, 4) is 17.0 Å². The highest BCUT2D eigenvalue weighted by atomic mass is 16.5. The zero-order valence-electron chi connectivity index (χ0n) is 11.8. The topological polar surface area (TPSA) is 47.0 Å². The Kier molecular flexibility index (Phi) is 4.00.